The van der Waals surface area contributed by atoms with Crippen molar-refractivity contribution in [1.29, 1.82) is 0 Å². The van der Waals surface area contributed by atoms with E-state index in [1.54, 1.807) is 24.9 Å². The van der Waals surface area contributed by atoms with Gasteiger partial charge in [-0.3, -0.25) is 9.36 Å². The Morgan fingerprint density at radius 3 is 2.55 bits per heavy atom. The van der Waals surface area contributed by atoms with Crippen LogP contribution in [-0.2, 0) is 0 Å². The lowest BCUT2D eigenvalue weighted by Crippen LogP contribution is -2.35. The van der Waals surface area contributed by atoms with E-state index in [2.05, 4.69) is 5.32 Å². The Morgan fingerprint density at radius 1 is 0.931 bits per heavy atom. The Bertz CT molecular complexity index is 1300. The summed E-state index contributed by atoms with van der Waals surface area (Å²) in [6.07, 6.45) is -0.491. The summed E-state index contributed by atoms with van der Waals surface area (Å²) in [7, 11) is 3.20. The molecular formula is C23H19N3O3. The quantitative estimate of drug-likeness (QED) is 0.576. The number of para-hydroxylation sites is 3. The van der Waals surface area contributed by atoms with Crippen molar-refractivity contribution >= 4 is 16.6 Å². The minimum Gasteiger partial charge on any atom is -0.493 e. The van der Waals surface area contributed by atoms with Crippen LogP contribution in [0.15, 0.2) is 71.5 Å². The van der Waals surface area contributed by atoms with Gasteiger partial charge >= 0.3 is 0 Å². The molecule has 2 heterocycles. The van der Waals surface area contributed by atoms with Crippen LogP contribution in [0.3, 0.4) is 0 Å². The van der Waals surface area contributed by atoms with Crippen molar-refractivity contribution in [2.24, 2.45) is 0 Å². The molecule has 3 aromatic carbocycles. The highest BCUT2D eigenvalue weighted by Crippen LogP contribution is 2.41. The second-order valence-corrected chi connectivity index (χ2v) is 6.80. The van der Waals surface area contributed by atoms with Gasteiger partial charge in [0.2, 0.25) is 0 Å². The zero-order chi connectivity index (χ0) is 20.0. The van der Waals surface area contributed by atoms with Crippen molar-refractivity contribution in [2.75, 3.05) is 19.5 Å². The van der Waals surface area contributed by atoms with Crippen molar-refractivity contribution in [1.82, 2.24) is 9.55 Å². The zero-order valence-corrected chi connectivity index (χ0v) is 16.0. The summed E-state index contributed by atoms with van der Waals surface area (Å²) in [6, 6.07) is 20.9. The first-order valence-electron chi connectivity index (χ1n) is 9.31. The van der Waals surface area contributed by atoms with Gasteiger partial charge in [-0.25, -0.2) is 4.98 Å². The highest BCUT2D eigenvalue weighted by atomic mass is 16.5. The lowest BCUT2D eigenvalue weighted by atomic mass is 10.0. The highest BCUT2D eigenvalue weighted by molar-refractivity contribution is 5.84. The predicted molar refractivity (Wildman–Crippen MR) is 113 cm³/mol. The smallest absolute Gasteiger partial charge is 0.263 e. The molecule has 0 aliphatic carbocycles. The largest absolute Gasteiger partial charge is 0.493 e. The van der Waals surface area contributed by atoms with Crippen LogP contribution >= 0.6 is 0 Å². The number of aromatic nitrogens is 2. The van der Waals surface area contributed by atoms with Crippen molar-refractivity contribution in [2.45, 2.75) is 6.17 Å². The molecular weight excluding hydrogens is 366 g/mol. The fraction of sp³-hybridized carbons (Fsp3) is 0.130. The SMILES string of the molecule is COc1cccc(C2Nc3ccccc3-c3nc4ccccc4c(=O)n32)c1OC. The number of benzene rings is 3. The monoisotopic (exact) mass is 385 g/mol. The van der Waals surface area contributed by atoms with E-state index in [0.717, 1.165) is 16.8 Å². The number of hydrogen-bond donors (Lipinski definition) is 1. The van der Waals surface area contributed by atoms with Gasteiger partial charge in [-0.05, 0) is 30.3 Å². The molecule has 1 N–H and O–H groups in total. The number of nitrogens with one attached hydrogen (secondary N) is 1. The zero-order valence-electron chi connectivity index (χ0n) is 16.0. The first-order valence-corrected chi connectivity index (χ1v) is 9.31. The van der Waals surface area contributed by atoms with Gasteiger partial charge in [-0.15, -0.1) is 0 Å². The molecule has 1 unspecified atom stereocenters. The van der Waals surface area contributed by atoms with Crippen LogP contribution in [0.4, 0.5) is 5.69 Å². The molecule has 0 amide bonds. The average molecular weight is 385 g/mol. The molecule has 6 heteroatoms. The third kappa shape index (κ3) is 2.56. The molecule has 4 aromatic rings. The van der Waals surface area contributed by atoms with Crippen LogP contribution in [-0.4, -0.2) is 23.8 Å². The van der Waals surface area contributed by atoms with Crippen molar-refractivity contribution in [3.63, 3.8) is 0 Å². The number of hydrogen-bond acceptors (Lipinski definition) is 5. The summed E-state index contributed by atoms with van der Waals surface area (Å²) < 4.78 is 12.8. The van der Waals surface area contributed by atoms with E-state index in [1.165, 1.54) is 0 Å². The molecule has 0 saturated heterocycles. The maximum atomic E-state index is 13.5. The van der Waals surface area contributed by atoms with Crippen LogP contribution in [0.2, 0.25) is 0 Å². The molecule has 0 fully saturated rings. The lowest BCUT2D eigenvalue weighted by Gasteiger charge is -2.32. The summed E-state index contributed by atoms with van der Waals surface area (Å²) in [5.74, 6) is 1.81. The van der Waals surface area contributed by atoms with Gasteiger partial charge in [0, 0.05) is 16.8 Å². The second-order valence-electron chi connectivity index (χ2n) is 6.80. The first kappa shape index (κ1) is 17.3. The Morgan fingerprint density at radius 2 is 1.72 bits per heavy atom. The molecule has 1 aliphatic heterocycles. The summed E-state index contributed by atoms with van der Waals surface area (Å²) >= 11 is 0. The molecule has 5 rings (SSSR count). The number of anilines is 1. The number of fused-ring (bicyclic) bond motifs is 4. The summed E-state index contributed by atoms with van der Waals surface area (Å²) in [6.45, 7) is 0. The Hall–Kier alpha value is -3.80. The van der Waals surface area contributed by atoms with Gasteiger partial charge in [0.25, 0.3) is 5.56 Å². The van der Waals surface area contributed by atoms with Crippen molar-refractivity contribution in [3.8, 4) is 22.9 Å². The van der Waals surface area contributed by atoms with Gasteiger partial charge in [-0.1, -0.05) is 36.4 Å². The molecule has 6 nitrogen and oxygen atoms in total. The highest BCUT2D eigenvalue weighted by Gasteiger charge is 2.30. The Balaban J connectivity index is 1.86. The summed E-state index contributed by atoms with van der Waals surface area (Å²) in [5, 5.41) is 4.06. The van der Waals surface area contributed by atoms with Gasteiger partial charge in [0.15, 0.2) is 11.5 Å². The Kier molecular flexibility index (Phi) is 3.98. The number of rotatable bonds is 3. The van der Waals surface area contributed by atoms with Crippen LogP contribution in [0.25, 0.3) is 22.3 Å². The van der Waals surface area contributed by atoms with Crippen LogP contribution in [0.1, 0.15) is 11.7 Å². The second kappa shape index (κ2) is 6.67. The third-order valence-electron chi connectivity index (χ3n) is 5.25. The molecule has 0 spiro atoms. The Labute approximate surface area is 167 Å². The van der Waals surface area contributed by atoms with E-state index in [9.17, 15) is 4.79 Å². The van der Waals surface area contributed by atoms with E-state index in [-0.39, 0.29) is 5.56 Å². The molecule has 1 aliphatic rings. The number of methoxy groups -OCH3 is 2. The van der Waals surface area contributed by atoms with Crippen LogP contribution < -0.4 is 20.3 Å². The minimum atomic E-state index is -0.491. The van der Waals surface area contributed by atoms with E-state index in [0.29, 0.717) is 28.2 Å². The third-order valence-corrected chi connectivity index (χ3v) is 5.25. The van der Waals surface area contributed by atoms with Crippen molar-refractivity contribution < 1.29 is 9.47 Å². The van der Waals surface area contributed by atoms with Gasteiger partial charge < -0.3 is 14.8 Å². The fourth-order valence-corrected chi connectivity index (χ4v) is 3.94. The predicted octanol–water partition coefficient (Wildman–Crippen LogP) is 4.05. The number of ether oxygens (including phenoxy) is 2. The summed E-state index contributed by atoms with van der Waals surface area (Å²) in [4.78, 5) is 18.4. The normalized spacial score (nSPS) is 14.6. The lowest BCUT2D eigenvalue weighted by molar-refractivity contribution is 0.348. The van der Waals surface area contributed by atoms with E-state index < -0.39 is 6.17 Å². The molecule has 0 saturated carbocycles. The molecule has 0 bridgehead atoms. The maximum Gasteiger partial charge on any atom is 0.263 e. The summed E-state index contributed by atoms with van der Waals surface area (Å²) in [5.41, 5.74) is 3.15. The number of nitrogens with zero attached hydrogens (tertiary/aromatic N) is 2. The van der Waals surface area contributed by atoms with Gasteiger partial charge in [-0.2, -0.15) is 0 Å². The average Bonchev–Trinajstić information content (AvgIpc) is 2.78. The van der Waals surface area contributed by atoms with Crippen LogP contribution in [0.5, 0.6) is 11.5 Å². The fourth-order valence-electron chi connectivity index (χ4n) is 3.94. The molecule has 144 valence electrons. The standard InChI is InChI=1S/C23H19N3O3/c1-28-19-13-7-10-16(20(19)29-2)22-24-17-11-5-3-8-14(17)21-25-18-12-6-4-9-15(18)23(27)26(21)22/h3-13,22,24H,1-2H3. The maximum absolute atomic E-state index is 13.5. The van der Waals surface area contributed by atoms with Gasteiger partial charge in [0.1, 0.15) is 12.0 Å². The first-order chi connectivity index (χ1) is 14.2. The molecule has 29 heavy (non-hydrogen) atoms. The van der Waals surface area contributed by atoms with Crippen molar-refractivity contribution in [3.05, 3.63) is 82.6 Å². The van der Waals surface area contributed by atoms with Crippen LogP contribution in [0, 0.1) is 0 Å². The van der Waals surface area contributed by atoms with E-state index >= 15 is 0 Å². The molecule has 0 radical (unpaired) electrons. The van der Waals surface area contributed by atoms with E-state index in [4.69, 9.17) is 14.5 Å². The van der Waals surface area contributed by atoms with E-state index in [1.807, 2.05) is 60.7 Å². The molecule has 1 aromatic heterocycles. The molecule has 1 atom stereocenters. The van der Waals surface area contributed by atoms with Gasteiger partial charge in [0.05, 0.1) is 25.1 Å². The topological polar surface area (TPSA) is 65.4 Å². The minimum absolute atomic E-state index is 0.109.